The second kappa shape index (κ2) is 8.14. The number of aliphatic hydroxyl groups excluding tert-OH is 1. The Bertz CT molecular complexity index is 1110. The lowest BCUT2D eigenvalue weighted by molar-refractivity contribution is 0.102. The molecule has 0 bridgehead atoms. The van der Waals surface area contributed by atoms with Gasteiger partial charge in [-0.15, -0.1) is 0 Å². The van der Waals surface area contributed by atoms with Gasteiger partial charge in [0.25, 0.3) is 5.91 Å². The fourth-order valence-electron chi connectivity index (χ4n) is 4.37. The Morgan fingerprint density at radius 3 is 2.74 bits per heavy atom. The van der Waals surface area contributed by atoms with Crippen LogP contribution in [0.5, 0.6) is 0 Å². The minimum Gasteiger partial charge on any atom is -0.391 e. The van der Waals surface area contributed by atoms with E-state index >= 15 is 0 Å². The topological polar surface area (TPSA) is 99.4 Å². The molecule has 9 heteroatoms. The number of aliphatic hydroxyl groups is 1. The molecule has 1 atom stereocenters. The van der Waals surface area contributed by atoms with Crippen LogP contribution in [0.25, 0.3) is 11.0 Å². The van der Waals surface area contributed by atoms with Crippen molar-refractivity contribution in [2.45, 2.75) is 31.8 Å². The van der Waals surface area contributed by atoms with Crippen LogP contribution in [-0.4, -0.2) is 63.0 Å². The Kier molecular flexibility index (Phi) is 5.19. The summed E-state index contributed by atoms with van der Waals surface area (Å²) in [4.78, 5) is 26.7. The van der Waals surface area contributed by atoms with Crippen molar-refractivity contribution in [2.75, 3.05) is 41.3 Å². The van der Waals surface area contributed by atoms with Crippen LogP contribution in [0.3, 0.4) is 0 Å². The molecule has 3 aromatic heterocycles. The van der Waals surface area contributed by atoms with E-state index in [-0.39, 0.29) is 12.0 Å². The molecule has 0 spiro atoms. The van der Waals surface area contributed by atoms with Gasteiger partial charge < -0.3 is 20.2 Å². The Morgan fingerprint density at radius 2 is 1.97 bits per heavy atom. The van der Waals surface area contributed by atoms with Crippen LogP contribution < -0.4 is 15.1 Å². The number of carbonyl (C=O) groups excluding carboxylic acids is 1. The molecule has 162 valence electrons. The van der Waals surface area contributed by atoms with Gasteiger partial charge in [0.1, 0.15) is 11.5 Å². The van der Waals surface area contributed by atoms with Crippen molar-refractivity contribution in [3.8, 4) is 0 Å². The van der Waals surface area contributed by atoms with Crippen molar-refractivity contribution in [1.29, 1.82) is 0 Å². The number of β-amino-alcohol motifs (C(OH)–C–C–N with tert-alkyl or cyclic N) is 1. The van der Waals surface area contributed by atoms with Gasteiger partial charge in [0.05, 0.1) is 11.8 Å². The summed E-state index contributed by atoms with van der Waals surface area (Å²) in [6.45, 7) is 3.11. The Hall–Kier alpha value is -3.20. The molecule has 5 rings (SSSR count). The highest BCUT2D eigenvalue weighted by molar-refractivity contribution is 6.05. The second-order valence-corrected chi connectivity index (χ2v) is 8.35. The Labute approximate surface area is 180 Å². The number of hydrogen-bond acceptors (Lipinski definition) is 7. The maximum absolute atomic E-state index is 13.1. The van der Waals surface area contributed by atoms with E-state index in [1.54, 1.807) is 10.7 Å². The van der Waals surface area contributed by atoms with Crippen molar-refractivity contribution >= 4 is 34.3 Å². The summed E-state index contributed by atoms with van der Waals surface area (Å²) < 4.78 is 1.73. The first-order valence-electron chi connectivity index (χ1n) is 10.9. The van der Waals surface area contributed by atoms with Gasteiger partial charge in [-0.1, -0.05) is 6.07 Å². The largest absolute Gasteiger partial charge is 0.391 e. The summed E-state index contributed by atoms with van der Waals surface area (Å²) in [5.41, 5.74) is 1.69. The monoisotopic (exact) mass is 421 g/mol. The molecule has 0 aliphatic carbocycles. The van der Waals surface area contributed by atoms with Crippen LogP contribution >= 0.6 is 0 Å². The molecule has 2 fully saturated rings. The molecule has 31 heavy (non-hydrogen) atoms. The summed E-state index contributed by atoms with van der Waals surface area (Å²) >= 11 is 0. The summed E-state index contributed by atoms with van der Waals surface area (Å²) in [6, 6.07) is 7.35. The number of nitrogens with zero attached hydrogens (tertiary/aromatic N) is 6. The van der Waals surface area contributed by atoms with E-state index in [2.05, 4.69) is 20.3 Å². The van der Waals surface area contributed by atoms with E-state index in [0.717, 1.165) is 43.7 Å². The van der Waals surface area contributed by atoms with E-state index in [4.69, 9.17) is 4.98 Å². The maximum atomic E-state index is 13.1. The standard InChI is InChI=1S/C22H27N7O2/c1-27-13-15-12-18(21(25-20(15)26-27)28-9-3-2-4-10-28)24-22(31)17-6-5-7-19(23-17)29-11-8-16(30)14-29/h5-7,12-13,16,30H,2-4,8-11,14H2,1H3,(H,24,31)/t16-/m0/s1. The van der Waals surface area contributed by atoms with E-state index in [9.17, 15) is 9.90 Å². The van der Waals surface area contributed by atoms with E-state index < -0.39 is 0 Å². The van der Waals surface area contributed by atoms with Crippen molar-refractivity contribution < 1.29 is 9.90 Å². The number of aromatic nitrogens is 4. The smallest absolute Gasteiger partial charge is 0.274 e. The van der Waals surface area contributed by atoms with Crippen molar-refractivity contribution in [3.05, 3.63) is 36.2 Å². The van der Waals surface area contributed by atoms with Gasteiger partial charge in [0.2, 0.25) is 0 Å². The van der Waals surface area contributed by atoms with Crippen LogP contribution in [0.4, 0.5) is 17.3 Å². The number of aryl methyl sites for hydroxylation is 1. The zero-order chi connectivity index (χ0) is 21.4. The predicted octanol–water partition coefficient (Wildman–Crippen LogP) is 2.18. The first-order chi connectivity index (χ1) is 15.1. The highest BCUT2D eigenvalue weighted by Crippen LogP contribution is 2.30. The second-order valence-electron chi connectivity index (χ2n) is 8.35. The van der Waals surface area contributed by atoms with Crippen LogP contribution in [0.15, 0.2) is 30.5 Å². The fourth-order valence-corrected chi connectivity index (χ4v) is 4.37. The predicted molar refractivity (Wildman–Crippen MR) is 120 cm³/mol. The van der Waals surface area contributed by atoms with Crippen LogP contribution in [0.1, 0.15) is 36.2 Å². The quantitative estimate of drug-likeness (QED) is 0.666. The van der Waals surface area contributed by atoms with Crippen LogP contribution in [0.2, 0.25) is 0 Å². The summed E-state index contributed by atoms with van der Waals surface area (Å²) in [5.74, 6) is 1.20. The van der Waals surface area contributed by atoms with Crippen molar-refractivity contribution in [2.24, 2.45) is 7.05 Å². The van der Waals surface area contributed by atoms with E-state index in [1.165, 1.54) is 6.42 Å². The molecule has 2 aliphatic heterocycles. The van der Waals surface area contributed by atoms with Gasteiger partial charge >= 0.3 is 0 Å². The van der Waals surface area contributed by atoms with Gasteiger partial charge in [-0.3, -0.25) is 9.48 Å². The number of hydrogen-bond donors (Lipinski definition) is 2. The average Bonchev–Trinajstić information content (AvgIpc) is 3.38. The highest BCUT2D eigenvalue weighted by atomic mass is 16.3. The van der Waals surface area contributed by atoms with Gasteiger partial charge in [-0.2, -0.15) is 5.10 Å². The minimum atomic E-state index is -0.344. The first kappa shape index (κ1) is 19.7. The molecule has 2 N–H and O–H groups in total. The molecule has 2 aliphatic rings. The molecule has 0 aromatic carbocycles. The Morgan fingerprint density at radius 1 is 1.13 bits per heavy atom. The van der Waals surface area contributed by atoms with Gasteiger partial charge in [-0.25, -0.2) is 9.97 Å². The van der Waals surface area contributed by atoms with E-state index in [1.807, 2.05) is 36.3 Å². The molecular formula is C22H27N7O2. The number of amides is 1. The number of nitrogens with one attached hydrogen (secondary N) is 1. The third-order valence-corrected chi connectivity index (χ3v) is 5.95. The molecule has 1 amide bonds. The maximum Gasteiger partial charge on any atom is 0.274 e. The van der Waals surface area contributed by atoms with Gasteiger partial charge in [-0.05, 0) is 43.9 Å². The first-order valence-corrected chi connectivity index (χ1v) is 10.9. The number of carbonyl (C=O) groups is 1. The zero-order valence-electron chi connectivity index (χ0n) is 17.7. The average molecular weight is 422 g/mol. The van der Waals surface area contributed by atoms with Gasteiger partial charge in [0.15, 0.2) is 11.5 Å². The number of fused-ring (bicyclic) bond motifs is 1. The fraction of sp³-hybridized carbons (Fsp3) is 0.455. The lowest BCUT2D eigenvalue weighted by atomic mass is 10.1. The molecule has 0 radical (unpaired) electrons. The number of anilines is 3. The molecule has 2 saturated heterocycles. The normalized spacial score (nSPS) is 19.2. The molecule has 0 unspecified atom stereocenters. The number of piperidine rings is 1. The summed E-state index contributed by atoms with van der Waals surface area (Å²) in [5, 5.41) is 18.2. The van der Waals surface area contributed by atoms with Crippen molar-refractivity contribution in [1.82, 2.24) is 19.7 Å². The summed E-state index contributed by atoms with van der Waals surface area (Å²) in [6.07, 6.45) is 5.71. The van der Waals surface area contributed by atoms with Crippen LogP contribution in [-0.2, 0) is 7.05 Å². The highest BCUT2D eigenvalue weighted by Gasteiger charge is 2.23. The van der Waals surface area contributed by atoms with Crippen molar-refractivity contribution in [3.63, 3.8) is 0 Å². The number of rotatable bonds is 4. The summed E-state index contributed by atoms with van der Waals surface area (Å²) in [7, 11) is 1.87. The molecular weight excluding hydrogens is 394 g/mol. The third-order valence-electron chi connectivity index (χ3n) is 5.95. The third kappa shape index (κ3) is 4.05. The van der Waals surface area contributed by atoms with Crippen LogP contribution in [0, 0.1) is 0 Å². The lowest BCUT2D eigenvalue weighted by Crippen LogP contribution is -2.31. The molecule has 3 aromatic rings. The molecule has 5 heterocycles. The lowest BCUT2D eigenvalue weighted by Gasteiger charge is -2.29. The van der Waals surface area contributed by atoms with Gasteiger partial charge in [0, 0.05) is 44.8 Å². The number of pyridine rings is 2. The van der Waals surface area contributed by atoms with E-state index in [0.29, 0.717) is 35.8 Å². The molecule has 0 saturated carbocycles. The zero-order valence-corrected chi connectivity index (χ0v) is 17.7. The Balaban J connectivity index is 1.44. The SMILES string of the molecule is Cn1cc2cc(NC(=O)c3cccc(N4CC[C@H](O)C4)n3)c(N3CCCCC3)nc2n1. The minimum absolute atomic E-state index is 0.273. The molecule has 9 nitrogen and oxygen atoms in total.